The van der Waals surface area contributed by atoms with Gasteiger partial charge in [-0.2, -0.15) is 0 Å². The van der Waals surface area contributed by atoms with Crippen molar-refractivity contribution < 1.29 is 9.32 Å². The summed E-state index contributed by atoms with van der Waals surface area (Å²) in [7, 11) is 0. The van der Waals surface area contributed by atoms with Gasteiger partial charge < -0.3 is 14.4 Å². The summed E-state index contributed by atoms with van der Waals surface area (Å²) in [5, 5.41) is 15.3. The molecule has 0 aliphatic heterocycles. The highest BCUT2D eigenvalue weighted by atomic mass is 32.2. The number of carbonyl (C=O) groups is 1. The third kappa shape index (κ3) is 3.19. The molecule has 1 N–H and O–H groups in total. The molecule has 0 spiro atoms. The summed E-state index contributed by atoms with van der Waals surface area (Å²) < 4.78 is 6.97. The molecule has 0 saturated heterocycles. The lowest BCUT2D eigenvalue weighted by Gasteiger charge is -2.03. The van der Waals surface area contributed by atoms with Crippen LogP contribution in [0.5, 0.6) is 0 Å². The number of hydrogen-bond donors (Lipinski definition) is 1. The maximum atomic E-state index is 11.7. The molecule has 1 saturated carbocycles. The van der Waals surface area contributed by atoms with Crippen LogP contribution in [0, 0.1) is 6.92 Å². The maximum absolute atomic E-state index is 11.7. The molecule has 0 aromatic carbocycles. The zero-order valence-corrected chi connectivity index (χ0v) is 11.9. The Labute approximate surface area is 120 Å². The van der Waals surface area contributed by atoms with Crippen molar-refractivity contribution in [1.29, 1.82) is 0 Å². The number of aromatic nitrogens is 4. The summed E-state index contributed by atoms with van der Waals surface area (Å²) in [4.78, 5) is 11.7. The van der Waals surface area contributed by atoms with Crippen LogP contribution in [0.4, 0.5) is 5.82 Å². The molecule has 1 fully saturated rings. The van der Waals surface area contributed by atoms with Gasteiger partial charge in [0.2, 0.25) is 5.91 Å². The molecular formula is C12H15N5O2S. The number of carbonyl (C=O) groups excluding carboxylic acids is 1. The van der Waals surface area contributed by atoms with Gasteiger partial charge in [-0.3, -0.25) is 4.79 Å². The van der Waals surface area contributed by atoms with Crippen LogP contribution < -0.4 is 5.32 Å². The first-order chi connectivity index (χ1) is 9.72. The quantitative estimate of drug-likeness (QED) is 0.820. The predicted molar refractivity (Wildman–Crippen MR) is 73.5 cm³/mol. The molecule has 0 bridgehead atoms. The van der Waals surface area contributed by atoms with E-state index in [1.807, 2.05) is 0 Å². The normalized spacial score (nSPS) is 14.4. The van der Waals surface area contributed by atoms with Crippen LogP contribution in [0.25, 0.3) is 0 Å². The van der Waals surface area contributed by atoms with Crippen LogP contribution in [-0.2, 0) is 4.79 Å². The van der Waals surface area contributed by atoms with Crippen molar-refractivity contribution >= 4 is 23.5 Å². The highest BCUT2D eigenvalue weighted by Gasteiger charge is 2.26. The molecule has 0 unspecified atom stereocenters. The van der Waals surface area contributed by atoms with Gasteiger partial charge in [-0.25, -0.2) is 0 Å². The summed E-state index contributed by atoms with van der Waals surface area (Å²) in [6.07, 6.45) is 4.54. The van der Waals surface area contributed by atoms with E-state index >= 15 is 0 Å². The Morgan fingerprint density at radius 2 is 2.45 bits per heavy atom. The lowest BCUT2D eigenvalue weighted by atomic mass is 10.4. The van der Waals surface area contributed by atoms with Crippen LogP contribution in [0.1, 0.15) is 31.1 Å². The third-order valence-electron chi connectivity index (χ3n) is 2.94. The van der Waals surface area contributed by atoms with E-state index in [1.165, 1.54) is 12.8 Å². The van der Waals surface area contributed by atoms with E-state index in [1.54, 1.807) is 31.1 Å². The minimum atomic E-state index is -0.0803. The average Bonchev–Trinajstić information content (AvgIpc) is 3.02. The summed E-state index contributed by atoms with van der Waals surface area (Å²) in [6, 6.07) is 2.24. The summed E-state index contributed by atoms with van der Waals surface area (Å²) in [6.45, 7) is 1.78. The van der Waals surface area contributed by atoms with Crippen molar-refractivity contribution in [3.8, 4) is 0 Å². The highest BCUT2D eigenvalue weighted by molar-refractivity contribution is 7.99. The zero-order valence-electron chi connectivity index (χ0n) is 11.1. The third-order valence-corrected chi connectivity index (χ3v) is 3.90. The smallest absolute Gasteiger partial charge is 0.226 e. The fourth-order valence-electron chi connectivity index (χ4n) is 1.80. The number of nitrogens with zero attached hydrogens (tertiary/aromatic N) is 4. The fraction of sp³-hybridized carbons (Fsp3) is 0.500. The van der Waals surface area contributed by atoms with E-state index < -0.39 is 0 Å². The van der Waals surface area contributed by atoms with E-state index in [4.69, 9.17) is 4.52 Å². The van der Waals surface area contributed by atoms with Crippen LogP contribution in [0.3, 0.4) is 0 Å². The lowest BCUT2D eigenvalue weighted by Crippen LogP contribution is -2.12. The minimum Gasteiger partial charge on any atom is -0.360 e. The molecule has 106 valence electrons. The molecule has 0 atom stereocenters. The number of rotatable bonds is 6. The van der Waals surface area contributed by atoms with Gasteiger partial charge in [-0.15, -0.1) is 10.2 Å². The lowest BCUT2D eigenvalue weighted by molar-refractivity contribution is -0.115. The standard InChI is InChI=1S/C12H15N5O2S/c1-8-6-10(16-19-8)14-11(18)4-5-20-12-15-13-7-17(12)9-2-3-9/h6-7,9H,2-5H2,1H3,(H,14,16,18). The number of thioether (sulfide) groups is 1. The Morgan fingerprint density at radius 3 is 3.15 bits per heavy atom. The number of amides is 1. The molecule has 2 aromatic rings. The van der Waals surface area contributed by atoms with E-state index in [-0.39, 0.29) is 5.91 Å². The SMILES string of the molecule is Cc1cc(NC(=O)CCSc2nncn2C2CC2)no1. The van der Waals surface area contributed by atoms with E-state index in [0.29, 0.717) is 29.8 Å². The van der Waals surface area contributed by atoms with Gasteiger partial charge in [-0.1, -0.05) is 16.9 Å². The molecule has 2 aromatic heterocycles. The molecule has 1 aliphatic carbocycles. The fourth-order valence-corrected chi connectivity index (χ4v) is 2.72. The second-order valence-corrected chi connectivity index (χ2v) is 5.78. The Kier molecular flexibility index (Phi) is 3.72. The van der Waals surface area contributed by atoms with Crippen molar-refractivity contribution in [3.63, 3.8) is 0 Å². The summed E-state index contributed by atoms with van der Waals surface area (Å²) in [5.41, 5.74) is 0. The highest BCUT2D eigenvalue weighted by Crippen LogP contribution is 2.37. The number of nitrogens with one attached hydrogen (secondary N) is 1. The van der Waals surface area contributed by atoms with Crippen molar-refractivity contribution in [2.75, 3.05) is 11.1 Å². The molecule has 20 heavy (non-hydrogen) atoms. The average molecular weight is 293 g/mol. The molecule has 0 radical (unpaired) electrons. The molecule has 3 rings (SSSR count). The predicted octanol–water partition coefficient (Wildman–Crippen LogP) is 2.03. The summed E-state index contributed by atoms with van der Waals surface area (Å²) >= 11 is 1.55. The van der Waals surface area contributed by atoms with Crippen molar-refractivity contribution in [1.82, 2.24) is 19.9 Å². The second-order valence-electron chi connectivity index (χ2n) is 4.72. The monoisotopic (exact) mass is 293 g/mol. The minimum absolute atomic E-state index is 0.0803. The molecule has 7 nitrogen and oxygen atoms in total. The van der Waals surface area contributed by atoms with Crippen LogP contribution in [0.15, 0.2) is 22.1 Å². The van der Waals surface area contributed by atoms with Gasteiger partial charge in [0.15, 0.2) is 11.0 Å². The summed E-state index contributed by atoms with van der Waals surface area (Å²) in [5.74, 6) is 1.71. The van der Waals surface area contributed by atoms with Gasteiger partial charge >= 0.3 is 0 Å². The number of aryl methyl sites for hydroxylation is 1. The number of hydrogen-bond acceptors (Lipinski definition) is 6. The van der Waals surface area contributed by atoms with Crippen molar-refractivity contribution in [2.45, 2.75) is 37.4 Å². The number of anilines is 1. The largest absolute Gasteiger partial charge is 0.360 e. The first kappa shape index (κ1) is 13.2. The first-order valence-electron chi connectivity index (χ1n) is 6.48. The molecule has 1 amide bonds. The van der Waals surface area contributed by atoms with Crippen molar-refractivity contribution in [2.24, 2.45) is 0 Å². The van der Waals surface area contributed by atoms with Crippen molar-refractivity contribution in [3.05, 3.63) is 18.2 Å². The van der Waals surface area contributed by atoms with E-state index in [2.05, 4.69) is 25.2 Å². The Balaban J connectivity index is 1.45. The maximum Gasteiger partial charge on any atom is 0.226 e. The topological polar surface area (TPSA) is 85.8 Å². The van der Waals surface area contributed by atoms with Gasteiger partial charge in [0.1, 0.15) is 12.1 Å². The van der Waals surface area contributed by atoms with E-state index in [9.17, 15) is 4.79 Å². The van der Waals surface area contributed by atoms with Crippen LogP contribution in [0.2, 0.25) is 0 Å². The first-order valence-corrected chi connectivity index (χ1v) is 7.46. The van der Waals surface area contributed by atoms with E-state index in [0.717, 1.165) is 5.16 Å². The van der Waals surface area contributed by atoms with Gasteiger partial charge in [0.25, 0.3) is 0 Å². The van der Waals surface area contributed by atoms with Gasteiger partial charge in [-0.05, 0) is 19.8 Å². The van der Waals surface area contributed by atoms with Gasteiger partial charge in [0, 0.05) is 24.3 Å². The Morgan fingerprint density at radius 1 is 1.60 bits per heavy atom. The second kappa shape index (κ2) is 5.66. The Hall–Kier alpha value is -1.83. The zero-order chi connectivity index (χ0) is 13.9. The molecule has 8 heteroatoms. The van der Waals surface area contributed by atoms with Crippen LogP contribution in [-0.4, -0.2) is 31.6 Å². The molecule has 1 aliphatic rings. The van der Waals surface area contributed by atoms with Crippen LogP contribution >= 0.6 is 11.8 Å². The van der Waals surface area contributed by atoms with Gasteiger partial charge in [0.05, 0.1) is 0 Å². The Bertz CT molecular complexity index is 605. The molecular weight excluding hydrogens is 278 g/mol. The molecule has 2 heterocycles.